The Morgan fingerprint density at radius 2 is 2.23 bits per heavy atom. The summed E-state index contributed by atoms with van der Waals surface area (Å²) in [5, 5.41) is 14.2. The molecule has 1 aromatic heterocycles. The van der Waals surface area contributed by atoms with Crippen LogP contribution in [-0.4, -0.2) is 27.8 Å². The molecule has 22 heavy (non-hydrogen) atoms. The summed E-state index contributed by atoms with van der Waals surface area (Å²) in [6, 6.07) is 5.16. The van der Waals surface area contributed by atoms with Crippen LogP contribution in [0.2, 0.25) is 0 Å². The standard InChI is InChI=1S/C15H21FN6/c1-10-5-6-12(7-13(10)16)11(2)20-15(17-3)18-8-14-21-19-9-22(14)4/h5-7,9,11H,8H2,1-4H3,(H2,17,18,20). The van der Waals surface area contributed by atoms with E-state index >= 15 is 0 Å². The number of halogens is 1. The van der Waals surface area contributed by atoms with Crippen molar-refractivity contribution in [3.63, 3.8) is 0 Å². The lowest BCUT2D eigenvalue weighted by atomic mass is 10.1. The second kappa shape index (κ2) is 7.02. The summed E-state index contributed by atoms with van der Waals surface area (Å²) in [4.78, 5) is 4.17. The first kappa shape index (κ1) is 15.9. The van der Waals surface area contributed by atoms with Crippen LogP contribution in [0.25, 0.3) is 0 Å². The first-order chi connectivity index (χ1) is 10.5. The Hall–Kier alpha value is -2.44. The molecule has 1 heterocycles. The van der Waals surface area contributed by atoms with Gasteiger partial charge in [0.1, 0.15) is 12.1 Å². The maximum Gasteiger partial charge on any atom is 0.191 e. The second-order valence-corrected chi connectivity index (χ2v) is 5.16. The molecule has 0 amide bonds. The average Bonchev–Trinajstić information content (AvgIpc) is 2.91. The van der Waals surface area contributed by atoms with Gasteiger partial charge < -0.3 is 15.2 Å². The van der Waals surface area contributed by atoms with Gasteiger partial charge in [-0.1, -0.05) is 12.1 Å². The van der Waals surface area contributed by atoms with E-state index in [1.807, 2.05) is 24.6 Å². The maximum absolute atomic E-state index is 13.6. The lowest BCUT2D eigenvalue weighted by Crippen LogP contribution is -2.38. The fraction of sp³-hybridized carbons (Fsp3) is 0.400. The van der Waals surface area contributed by atoms with Crippen molar-refractivity contribution in [2.75, 3.05) is 7.05 Å². The van der Waals surface area contributed by atoms with E-state index in [0.717, 1.165) is 11.4 Å². The van der Waals surface area contributed by atoms with Crippen LogP contribution in [0.5, 0.6) is 0 Å². The lowest BCUT2D eigenvalue weighted by molar-refractivity contribution is 0.607. The average molecular weight is 304 g/mol. The minimum Gasteiger partial charge on any atom is -0.350 e. The molecule has 0 saturated heterocycles. The summed E-state index contributed by atoms with van der Waals surface area (Å²) in [5.74, 6) is 1.22. The van der Waals surface area contributed by atoms with Gasteiger partial charge in [0.05, 0.1) is 12.6 Å². The van der Waals surface area contributed by atoms with Crippen molar-refractivity contribution in [2.24, 2.45) is 12.0 Å². The van der Waals surface area contributed by atoms with Crippen LogP contribution in [0, 0.1) is 12.7 Å². The van der Waals surface area contributed by atoms with E-state index in [4.69, 9.17) is 0 Å². The zero-order chi connectivity index (χ0) is 16.1. The number of hydrogen-bond donors (Lipinski definition) is 2. The zero-order valence-electron chi connectivity index (χ0n) is 13.3. The molecule has 7 heteroatoms. The van der Waals surface area contributed by atoms with E-state index in [0.29, 0.717) is 18.1 Å². The van der Waals surface area contributed by atoms with Gasteiger partial charge in [0.2, 0.25) is 0 Å². The van der Waals surface area contributed by atoms with Crippen molar-refractivity contribution in [2.45, 2.75) is 26.4 Å². The van der Waals surface area contributed by atoms with Crippen LogP contribution < -0.4 is 10.6 Å². The number of hydrogen-bond acceptors (Lipinski definition) is 3. The van der Waals surface area contributed by atoms with Crippen molar-refractivity contribution in [1.29, 1.82) is 0 Å². The van der Waals surface area contributed by atoms with Crippen molar-refractivity contribution in [3.8, 4) is 0 Å². The quantitative estimate of drug-likeness (QED) is 0.666. The molecule has 2 N–H and O–H groups in total. The summed E-state index contributed by atoms with van der Waals surface area (Å²) < 4.78 is 15.5. The predicted octanol–water partition coefficient (Wildman–Crippen LogP) is 1.69. The van der Waals surface area contributed by atoms with Crippen LogP contribution in [0.1, 0.15) is 29.9 Å². The van der Waals surface area contributed by atoms with Crippen LogP contribution in [-0.2, 0) is 13.6 Å². The van der Waals surface area contributed by atoms with Crippen molar-refractivity contribution in [3.05, 3.63) is 47.3 Å². The molecule has 118 valence electrons. The van der Waals surface area contributed by atoms with E-state index in [1.54, 1.807) is 32.4 Å². The molecule has 1 atom stereocenters. The fourth-order valence-corrected chi connectivity index (χ4v) is 1.99. The number of nitrogens with zero attached hydrogens (tertiary/aromatic N) is 4. The molecule has 0 bridgehead atoms. The largest absolute Gasteiger partial charge is 0.350 e. The van der Waals surface area contributed by atoms with Crippen LogP contribution in [0.15, 0.2) is 29.5 Å². The van der Waals surface area contributed by atoms with Crippen LogP contribution >= 0.6 is 0 Å². The molecule has 2 rings (SSSR count). The van der Waals surface area contributed by atoms with Gasteiger partial charge in [-0.3, -0.25) is 4.99 Å². The highest BCUT2D eigenvalue weighted by Gasteiger charge is 2.10. The Morgan fingerprint density at radius 3 is 2.82 bits per heavy atom. The van der Waals surface area contributed by atoms with E-state index in [9.17, 15) is 4.39 Å². The Bertz CT molecular complexity index is 664. The normalized spacial score (nSPS) is 13.0. The van der Waals surface area contributed by atoms with Gasteiger partial charge >= 0.3 is 0 Å². The summed E-state index contributed by atoms with van der Waals surface area (Å²) >= 11 is 0. The van der Waals surface area contributed by atoms with Gasteiger partial charge in [-0.05, 0) is 31.0 Å². The van der Waals surface area contributed by atoms with E-state index < -0.39 is 0 Å². The van der Waals surface area contributed by atoms with Crippen molar-refractivity contribution >= 4 is 5.96 Å². The first-order valence-corrected chi connectivity index (χ1v) is 7.07. The molecule has 0 aliphatic heterocycles. The molecule has 2 aromatic rings. The number of nitrogens with one attached hydrogen (secondary N) is 2. The third-order valence-electron chi connectivity index (χ3n) is 3.49. The predicted molar refractivity (Wildman–Crippen MR) is 83.9 cm³/mol. The molecule has 0 spiro atoms. The van der Waals surface area contributed by atoms with Gasteiger partial charge in [0.25, 0.3) is 0 Å². The van der Waals surface area contributed by atoms with Gasteiger partial charge in [0.15, 0.2) is 11.8 Å². The number of guanidine groups is 1. The Morgan fingerprint density at radius 1 is 1.45 bits per heavy atom. The highest BCUT2D eigenvalue weighted by Crippen LogP contribution is 2.16. The first-order valence-electron chi connectivity index (χ1n) is 7.07. The van der Waals surface area contributed by atoms with E-state index in [2.05, 4.69) is 25.8 Å². The molecule has 0 radical (unpaired) electrons. The summed E-state index contributed by atoms with van der Waals surface area (Å²) in [5.41, 5.74) is 1.51. The number of aryl methyl sites for hydroxylation is 2. The topological polar surface area (TPSA) is 67.1 Å². The number of rotatable bonds is 4. The van der Waals surface area contributed by atoms with Crippen molar-refractivity contribution in [1.82, 2.24) is 25.4 Å². The van der Waals surface area contributed by atoms with E-state index in [-0.39, 0.29) is 11.9 Å². The Labute approximate surface area is 129 Å². The lowest BCUT2D eigenvalue weighted by Gasteiger charge is -2.18. The number of benzene rings is 1. The van der Waals surface area contributed by atoms with Crippen LogP contribution in [0.3, 0.4) is 0 Å². The number of aromatic nitrogens is 3. The zero-order valence-corrected chi connectivity index (χ0v) is 13.3. The molecule has 1 unspecified atom stereocenters. The Kier molecular flexibility index (Phi) is 5.08. The molecule has 0 fully saturated rings. The highest BCUT2D eigenvalue weighted by atomic mass is 19.1. The fourth-order valence-electron chi connectivity index (χ4n) is 1.99. The minimum atomic E-state index is -0.201. The molecular formula is C15H21FN6. The number of aliphatic imine (C=N–C) groups is 1. The van der Waals surface area contributed by atoms with Gasteiger partial charge in [-0.15, -0.1) is 10.2 Å². The molecule has 0 aliphatic rings. The molecule has 1 aromatic carbocycles. The van der Waals surface area contributed by atoms with Crippen molar-refractivity contribution < 1.29 is 4.39 Å². The highest BCUT2D eigenvalue weighted by molar-refractivity contribution is 5.80. The third-order valence-corrected chi connectivity index (χ3v) is 3.49. The summed E-state index contributed by atoms with van der Waals surface area (Å²) in [6.45, 7) is 4.21. The molecule has 6 nitrogen and oxygen atoms in total. The Balaban J connectivity index is 1.97. The molecule has 0 aliphatic carbocycles. The molecule has 0 saturated carbocycles. The van der Waals surface area contributed by atoms with E-state index in [1.165, 1.54) is 0 Å². The minimum absolute atomic E-state index is 0.0687. The second-order valence-electron chi connectivity index (χ2n) is 5.16. The van der Waals surface area contributed by atoms with Gasteiger partial charge in [-0.2, -0.15) is 0 Å². The smallest absolute Gasteiger partial charge is 0.191 e. The molecular weight excluding hydrogens is 283 g/mol. The van der Waals surface area contributed by atoms with Gasteiger partial charge in [0, 0.05) is 14.1 Å². The van der Waals surface area contributed by atoms with Gasteiger partial charge in [-0.25, -0.2) is 4.39 Å². The summed E-state index contributed by atoms with van der Waals surface area (Å²) in [7, 11) is 3.57. The summed E-state index contributed by atoms with van der Waals surface area (Å²) in [6.07, 6.45) is 1.64. The monoisotopic (exact) mass is 304 g/mol. The SMILES string of the molecule is CN=C(NCc1nncn1C)NC(C)c1ccc(C)c(F)c1. The maximum atomic E-state index is 13.6. The van der Waals surface area contributed by atoms with Crippen LogP contribution in [0.4, 0.5) is 4.39 Å². The third kappa shape index (κ3) is 3.81.